The summed E-state index contributed by atoms with van der Waals surface area (Å²) in [6.07, 6.45) is -3.56. The summed E-state index contributed by atoms with van der Waals surface area (Å²) in [4.78, 5) is 28.3. The summed E-state index contributed by atoms with van der Waals surface area (Å²) >= 11 is 1.86. The Morgan fingerprint density at radius 2 is 1.79 bits per heavy atom. The number of likely N-dealkylation sites (N-methyl/N-ethyl adjacent to an activating group) is 1. The van der Waals surface area contributed by atoms with E-state index >= 15 is 0 Å². The average molecular weight is 572 g/mol. The first-order valence-electron chi connectivity index (χ1n) is 10.3. The van der Waals surface area contributed by atoms with Gasteiger partial charge in [-0.05, 0) is 54.2 Å². The van der Waals surface area contributed by atoms with Crippen molar-refractivity contribution in [2.45, 2.75) is 36.8 Å². The first kappa shape index (κ1) is 24.1. The van der Waals surface area contributed by atoms with Crippen LogP contribution >= 0.6 is 22.6 Å². The van der Waals surface area contributed by atoms with Gasteiger partial charge in [0.2, 0.25) is 5.78 Å². The van der Waals surface area contributed by atoms with Crippen molar-refractivity contribution >= 4 is 39.9 Å². The topological polar surface area (TPSA) is 185 Å². The second kappa shape index (κ2) is 7.75. The number of aliphatic hydroxyl groups is 5. The largest absolute Gasteiger partial charge is 0.508 e. The van der Waals surface area contributed by atoms with Crippen molar-refractivity contribution in [1.29, 1.82) is 0 Å². The van der Waals surface area contributed by atoms with Gasteiger partial charge in [0, 0.05) is 11.5 Å². The Morgan fingerprint density at radius 3 is 2.33 bits per heavy atom. The molecule has 0 aliphatic heterocycles. The molecule has 1 fully saturated rings. The van der Waals surface area contributed by atoms with E-state index in [0.717, 1.165) is 0 Å². The van der Waals surface area contributed by atoms with Crippen LogP contribution in [0, 0.1) is 15.4 Å². The molecule has 1 aromatic rings. The first-order valence-corrected chi connectivity index (χ1v) is 11.3. The van der Waals surface area contributed by atoms with Crippen LogP contribution in [-0.4, -0.2) is 85.2 Å². The van der Waals surface area contributed by atoms with E-state index in [4.69, 9.17) is 5.73 Å². The van der Waals surface area contributed by atoms with Gasteiger partial charge in [0.05, 0.1) is 32.8 Å². The maximum Gasteiger partial charge on any atom is 0.202 e. The van der Waals surface area contributed by atoms with Gasteiger partial charge in [0.25, 0.3) is 0 Å². The lowest BCUT2D eigenvalue weighted by atomic mass is 9.54. The molecule has 178 valence electrons. The number of nitrogens with two attached hydrogens (primary N) is 1. The van der Waals surface area contributed by atoms with E-state index < -0.39 is 70.4 Å². The summed E-state index contributed by atoms with van der Waals surface area (Å²) < 4.78 is 0.414. The number of phenols is 1. The Labute approximate surface area is 202 Å². The highest BCUT2D eigenvalue weighted by Gasteiger charge is 2.68. The van der Waals surface area contributed by atoms with Gasteiger partial charge >= 0.3 is 0 Å². The number of ketones is 2. The predicted octanol–water partition coefficient (Wildman–Crippen LogP) is -0.108. The summed E-state index contributed by atoms with van der Waals surface area (Å²) in [5.74, 6) is -7.15. The van der Waals surface area contributed by atoms with Crippen LogP contribution in [0.1, 0.15) is 24.0 Å². The molecule has 3 aliphatic rings. The molecule has 0 radical (unpaired) electrons. The van der Waals surface area contributed by atoms with E-state index in [9.17, 15) is 40.2 Å². The van der Waals surface area contributed by atoms with Crippen LogP contribution in [0.25, 0.3) is 5.76 Å². The molecule has 0 bridgehead atoms. The third kappa shape index (κ3) is 2.96. The molecule has 4 rings (SSSR count). The van der Waals surface area contributed by atoms with Gasteiger partial charge in [0.1, 0.15) is 23.5 Å². The van der Waals surface area contributed by atoms with Crippen molar-refractivity contribution in [2.75, 3.05) is 14.1 Å². The minimum Gasteiger partial charge on any atom is -0.508 e. The fourth-order valence-corrected chi connectivity index (χ4v) is 6.11. The van der Waals surface area contributed by atoms with Crippen molar-refractivity contribution in [2.24, 2.45) is 17.6 Å². The van der Waals surface area contributed by atoms with E-state index in [-0.39, 0.29) is 16.9 Å². The van der Waals surface area contributed by atoms with Crippen molar-refractivity contribution in [3.05, 3.63) is 43.7 Å². The maximum absolute atomic E-state index is 13.8. The number of Topliss-reactive ketones (excluding diaryl/α,β-unsaturated/α-hetero) is 2. The van der Waals surface area contributed by atoms with Gasteiger partial charge in [-0.25, -0.2) is 0 Å². The zero-order valence-corrected chi connectivity index (χ0v) is 20.2. The fourth-order valence-electron chi connectivity index (χ4n) is 5.66. The van der Waals surface area contributed by atoms with Gasteiger partial charge in [-0.2, -0.15) is 0 Å². The number of carbonyl (C=O) groups is 2. The molecule has 0 saturated heterocycles. The minimum absolute atomic E-state index is 0.00171. The highest BCUT2D eigenvalue weighted by atomic mass is 127. The van der Waals surface area contributed by atoms with E-state index in [1.165, 1.54) is 19.0 Å². The Kier molecular flexibility index (Phi) is 5.66. The molecule has 0 amide bonds. The summed E-state index contributed by atoms with van der Waals surface area (Å²) in [5, 5.41) is 65.5. The third-order valence-corrected chi connectivity index (χ3v) is 8.04. The molecule has 1 unspecified atom stereocenters. The molecule has 8 N–H and O–H groups in total. The van der Waals surface area contributed by atoms with Crippen molar-refractivity contribution in [3.8, 4) is 5.75 Å². The molecule has 0 aromatic heterocycles. The lowest BCUT2D eigenvalue weighted by molar-refractivity contribution is -0.170. The van der Waals surface area contributed by atoms with E-state index in [1.54, 1.807) is 19.1 Å². The number of aromatic hydroxyl groups is 1. The Bertz CT molecular complexity index is 1140. The van der Waals surface area contributed by atoms with E-state index in [1.807, 2.05) is 22.6 Å². The number of aliphatic hydroxyl groups excluding tert-OH is 4. The van der Waals surface area contributed by atoms with Gasteiger partial charge in [-0.15, -0.1) is 0 Å². The Balaban J connectivity index is 2.06. The summed E-state index contributed by atoms with van der Waals surface area (Å²) in [6, 6.07) is 2.00. The molecule has 0 heterocycles. The smallest absolute Gasteiger partial charge is 0.202 e. The van der Waals surface area contributed by atoms with Crippen LogP contribution < -0.4 is 5.73 Å². The molecule has 3 aliphatic carbocycles. The Morgan fingerprint density at radius 1 is 1.18 bits per heavy atom. The molecule has 11 heteroatoms. The Hall–Kier alpha value is -2.03. The molecular formula is C22H25IN2O8. The summed E-state index contributed by atoms with van der Waals surface area (Å²) in [7, 11) is 2.98. The van der Waals surface area contributed by atoms with Gasteiger partial charge in [-0.1, -0.05) is 13.0 Å². The zero-order valence-electron chi connectivity index (χ0n) is 18.0. The minimum atomic E-state index is -2.84. The zero-order chi connectivity index (χ0) is 24.7. The number of fused-ring (bicyclic) bond motifs is 3. The lowest BCUT2D eigenvalue weighted by Gasteiger charge is -2.54. The van der Waals surface area contributed by atoms with Crippen LogP contribution in [0.2, 0.25) is 0 Å². The van der Waals surface area contributed by atoms with Crippen LogP contribution in [0.4, 0.5) is 0 Å². The highest BCUT2D eigenvalue weighted by molar-refractivity contribution is 14.1. The summed E-state index contributed by atoms with van der Waals surface area (Å²) in [6.45, 7) is 1.70. The van der Waals surface area contributed by atoms with Crippen LogP contribution in [0.5, 0.6) is 5.75 Å². The number of nitrogens with zero attached hydrogens (tertiary/aromatic N) is 1. The number of rotatable bonds is 2. The van der Waals surface area contributed by atoms with Crippen LogP contribution in [-0.2, 0) is 9.59 Å². The van der Waals surface area contributed by atoms with Gasteiger partial charge in [-0.3, -0.25) is 14.5 Å². The van der Waals surface area contributed by atoms with Gasteiger partial charge in [0.15, 0.2) is 11.4 Å². The number of phenolic OH excluding ortho intramolecular Hbond substituents is 1. The molecule has 7 atom stereocenters. The number of halogens is 1. The molecule has 1 saturated carbocycles. The van der Waals surface area contributed by atoms with Crippen molar-refractivity contribution in [1.82, 2.24) is 4.90 Å². The molecule has 1 aromatic carbocycles. The van der Waals surface area contributed by atoms with Gasteiger partial charge < -0.3 is 36.4 Å². The molecule has 33 heavy (non-hydrogen) atoms. The monoisotopic (exact) mass is 572 g/mol. The first-order chi connectivity index (χ1) is 15.3. The molecule has 0 spiro atoms. The highest BCUT2D eigenvalue weighted by Crippen LogP contribution is 2.56. The van der Waals surface area contributed by atoms with Crippen molar-refractivity contribution in [3.63, 3.8) is 0 Å². The fraction of sp³-hybridized carbons (Fsp3) is 0.455. The number of hydrogen-bond donors (Lipinski definition) is 7. The standard InChI is InChI=1S/C22H25IN2O8/c1-6-7-4-5-8(23)15(26)10(7)16(27)11-9(6)17(28)13-14(25(2)3)18(29)12(21(24)32)20(31)22(13,33)19(11)30/h4-6,9,13-14,17,21,26-28,31-33H,24H2,1-3H3/t6-,9+,13+,14-,17-,21?,22-/m0/s1. The normalized spacial score (nSPS) is 34.9. The third-order valence-electron chi connectivity index (χ3n) is 7.17. The van der Waals surface area contributed by atoms with Crippen LogP contribution in [0.3, 0.4) is 0 Å². The molecular weight excluding hydrogens is 547 g/mol. The lowest BCUT2D eigenvalue weighted by Crippen LogP contribution is -2.70. The van der Waals surface area contributed by atoms with Crippen LogP contribution in [0.15, 0.2) is 29.0 Å². The number of carbonyl (C=O) groups excluding carboxylic acids is 2. The molecule has 10 nitrogen and oxygen atoms in total. The number of benzene rings is 1. The summed E-state index contributed by atoms with van der Waals surface area (Å²) in [5.41, 5.74) is 2.00. The average Bonchev–Trinajstić information content (AvgIpc) is 2.72. The second-order valence-electron chi connectivity index (χ2n) is 9.03. The predicted molar refractivity (Wildman–Crippen MR) is 124 cm³/mol. The maximum atomic E-state index is 13.8. The SMILES string of the molecule is C[C@H]1c2ccc(I)c(O)c2C(O)=C2C(=O)[C@]3(O)C(O)=C(C(N)O)C(=O)[C@@H](N(C)C)[C@@H]3[C@@H](O)[C@@H]21. The second-order valence-corrected chi connectivity index (χ2v) is 10.2. The van der Waals surface area contributed by atoms with Crippen molar-refractivity contribution < 1.29 is 40.2 Å². The van der Waals surface area contributed by atoms with E-state index in [2.05, 4.69) is 0 Å². The number of hydrogen-bond acceptors (Lipinski definition) is 10. The van der Waals surface area contributed by atoms with E-state index in [0.29, 0.717) is 9.13 Å². The quantitative estimate of drug-likeness (QED) is 0.186.